The van der Waals surface area contributed by atoms with Crippen LogP contribution < -0.4 is 0 Å². The fourth-order valence-electron chi connectivity index (χ4n) is 4.82. The van der Waals surface area contributed by atoms with Gasteiger partial charge in [-0.05, 0) is 43.4 Å². The second-order valence-corrected chi connectivity index (χ2v) is 8.21. The predicted octanol–water partition coefficient (Wildman–Crippen LogP) is 3.44. The van der Waals surface area contributed by atoms with Gasteiger partial charge in [0, 0.05) is 5.56 Å². The van der Waals surface area contributed by atoms with E-state index in [2.05, 4.69) is 12.2 Å². The number of fused-ring (bicyclic) bond motifs is 1. The van der Waals surface area contributed by atoms with Gasteiger partial charge in [0.05, 0.1) is 17.9 Å². The number of allylic oxidation sites excluding steroid dienone is 2. The highest BCUT2D eigenvalue weighted by atomic mass is 16.5. The summed E-state index contributed by atoms with van der Waals surface area (Å²) in [5.41, 5.74) is 0.510. The number of ketones is 1. The third-order valence-corrected chi connectivity index (χ3v) is 6.53. The smallest absolute Gasteiger partial charge is 0.310 e. The molecule has 0 aliphatic heterocycles. The van der Waals surface area contributed by atoms with Gasteiger partial charge in [0.1, 0.15) is 0 Å². The second-order valence-electron chi connectivity index (χ2n) is 8.21. The molecule has 0 aromatic heterocycles. The standard InChI is InChI=1S/C23H26O5/c1-3-13(2)28-23(26)21-16-10-9-15(17-11-18(16)17)20(21)22(25)27-12-19(24)14-7-5-4-6-8-14/h4-10,13,15-18,20-21H,3,11-12H2,1-2H3/t13-,15-,16-,17-,18-,20+,21+/m1/s1. The average Bonchev–Trinajstić information content (AvgIpc) is 3.54. The van der Waals surface area contributed by atoms with Crippen LogP contribution in [-0.4, -0.2) is 30.4 Å². The summed E-state index contributed by atoms with van der Waals surface area (Å²) in [6.07, 6.45) is 5.75. The van der Waals surface area contributed by atoms with Gasteiger partial charge in [-0.25, -0.2) is 0 Å². The van der Waals surface area contributed by atoms with E-state index >= 15 is 0 Å². The second kappa shape index (κ2) is 7.53. The summed E-state index contributed by atoms with van der Waals surface area (Å²) in [5.74, 6) is -1.11. The molecule has 0 spiro atoms. The van der Waals surface area contributed by atoms with Gasteiger partial charge in [-0.15, -0.1) is 0 Å². The fourth-order valence-corrected chi connectivity index (χ4v) is 4.82. The minimum atomic E-state index is -0.557. The molecule has 28 heavy (non-hydrogen) atoms. The first kappa shape index (κ1) is 18.9. The van der Waals surface area contributed by atoms with Crippen molar-refractivity contribution in [3.8, 4) is 0 Å². The van der Waals surface area contributed by atoms with E-state index in [4.69, 9.17) is 9.47 Å². The topological polar surface area (TPSA) is 69.7 Å². The van der Waals surface area contributed by atoms with E-state index in [9.17, 15) is 14.4 Å². The highest BCUT2D eigenvalue weighted by molar-refractivity contribution is 5.98. The quantitative estimate of drug-likeness (QED) is 0.410. The number of benzene rings is 1. The van der Waals surface area contributed by atoms with Crippen LogP contribution in [0.3, 0.4) is 0 Å². The lowest BCUT2D eigenvalue weighted by Crippen LogP contribution is -2.48. The van der Waals surface area contributed by atoms with Crippen LogP contribution in [0.15, 0.2) is 42.5 Å². The van der Waals surface area contributed by atoms with Crippen molar-refractivity contribution in [3.05, 3.63) is 48.0 Å². The summed E-state index contributed by atoms with van der Waals surface area (Å²) < 4.78 is 11.0. The van der Waals surface area contributed by atoms with Gasteiger partial charge in [0.2, 0.25) is 0 Å². The van der Waals surface area contributed by atoms with Crippen molar-refractivity contribution in [2.45, 2.75) is 32.8 Å². The van der Waals surface area contributed by atoms with Crippen LogP contribution >= 0.6 is 0 Å². The number of hydrogen-bond donors (Lipinski definition) is 0. The van der Waals surface area contributed by atoms with E-state index in [1.54, 1.807) is 24.3 Å². The Bertz CT molecular complexity index is 798. The van der Waals surface area contributed by atoms with Crippen LogP contribution in [-0.2, 0) is 19.1 Å². The van der Waals surface area contributed by atoms with Crippen molar-refractivity contribution >= 4 is 17.7 Å². The van der Waals surface area contributed by atoms with Crippen molar-refractivity contribution in [2.75, 3.05) is 6.61 Å². The molecular weight excluding hydrogens is 356 g/mol. The highest BCUT2D eigenvalue weighted by Gasteiger charge is 2.63. The Morgan fingerprint density at radius 1 is 1.00 bits per heavy atom. The largest absolute Gasteiger partial charge is 0.462 e. The minimum absolute atomic E-state index is 0.00353. The number of Topliss-reactive ketones (excluding diaryl/α,β-unsaturated/α-hetero) is 1. The van der Waals surface area contributed by atoms with E-state index in [1.165, 1.54) is 0 Å². The lowest BCUT2D eigenvalue weighted by molar-refractivity contribution is -0.170. The highest BCUT2D eigenvalue weighted by Crippen LogP contribution is 2.63. The van der Waals surface area contributed by atoms with E-state index in [0.29, 0.717) is 17.4 Å². The molecule has 0 amide bonds. The molecule has 0 radical (unpaired) electrons. The molecule has 0 unspecified atom stereocenters. The lowest BCUT2D eigenvalue weighted by Gasteiger charge is -2.42. The number of carbonyl (C=O) groups is 3. The molecule has 1 aromatic rings. The van der Waals surface area contributed by atoms with Crippen LogP contribution in [0.1, 0.15) is 37.0 Å². The maximum Gasteiger partial charge on any atom is 0.310 e. The third-order valence-electron chi connectivity index (χ3n) is 6.53. The zero-order valence-electron chi connectivity index (χ0n) is 16.2. The molecule has 2 saturated carbocycles. The van der Waals surface area contributed by atoms with Gasteiger partial charge in [-0.3, -0.25) is 14.4 Å². The maximum atomic E-state index is 12.9. The van der Waals surface area contributed by atoms with E-state index in [-0.39, 0.29) is 36.3 Å². The number of ether oxygens (including phenoxy) is 2. The number of rotatable bonds is 7. The van der Waals surface area contributed by atoms with Crippen LogP contribution in [0.4, 0.5) is 0 Å². The summed E-state index contributed by atoms with van der Waals surface area (Å²) in [6.45, 7) is 3.52. The normalized spacial score (nSPS) is 32.9. The summed E-state index contributed by atoms with van der Waals surface area (Å²) in [5, 5.41) is 0. The van der Waals surface area contributed by atoms with E-state index in [1.807, 2.05) is 19.9 Å². The Balaban J connectivity index is 1.47. The number of hydrogen-bond acceptors (Lipinski definition) is 5. The van der Waals surface area contributed by atoms with Crippen LogP contribution in [0.5, 0.6) is 0 Å². The van der Waals surface area contributed by atoms with E-state index < -0.39 is 17.8 Å². The van der Waals surface area contributed by atoms with Gasteiger partial charge >= 0.3 is 11.9 Å². The summed E-state index contributed by atoms with van der Waals surface area (Å²) >= 11 is 0. The Kier molecular flexibility index (Phi) is 5.09. The molecule has 0 heterocycles. The van der Waals surface area contributed by atoms with Crippen molar-refractivity contribution < 1.29 is 23.9 Å². The van der Waals surface area contributed by atoms with Gasteiger partial charge in [-0.2, -0.15) is 0 Å². The molecule has 5 nitrogen and oxygen atoms in total. The van der Waals surface area contributed by atoms with Gasteiger partial charge in [-0.1, -0.05) is 49.4 Å². The van der Waals surface area contributed by atoms with Crippen LogP contribution in [0.25, 0.3) is 0 Å². The first-order valence-corrected chi connectivity index (χ1v) is 10.1. The van der Waals surface area contributed by atoms with Gasteiger partial charge in [0.25, 0.3) is 0 Å². The van der Waals surface area contributed by atoms with Crippen molar-refractivity contribution in [2.24, 2.45) is 35.5 Å². The summed E-state index contributed by atoms with van der Waals surface area (Å²) in [4.78, 5) is 38.1. The SMILES string of the molecule is CC[C@@H](C)OC(=O)[C@H]1[C@@H]2C=C[C@H]([C@H]3C[C@H]23)[C@@H]1C(=O)OCC(=O)c1ccccc1. The van der Waals surface area contributed by atoms with Gasteiger partial charge in [0.15, 0.2) is 12.4 Å². The molecule has 0 saturated heterocycles. The number of esters is 2. The molecular formula is C23H26O5. The molecule has 1 aromatic carbocycles. The number of carbonyl (C=O) groups excluding carboxylic acids is 3. The molecule has 4 aliphatic carbocycles. The first-order chi connectivity index (χ1) is 13.5. The van der Waals surface area contributed by atoms with Gasteiger partial charge < -0.3 is 9.47 Å². The molecule has 5 heteroatoms. The lowest BCUT2D eigenvalue weighted by atomic mass is 9.62. The first-order valence-electron chi connectivity index (χ1n) is 10.1. The monoisotopic (exact) mass is 382 g/mol. The fraction of sp³-hybridized carbons (Fsp3) is 0.522. The van der Waals surface area contributed by atoms with Crippen molar-refractivity contribution in [1.82, 2.24) is 0 Å². The van der Waals surface area contributed by atoms with Crippen LogP contribution in [0, 0.1) is 35.5 Å². The Hall–Kier alpha value is -2.43. The van der Waals surface area contributed by atoms with E-state index in [0.717, 1.165) is 12.8 Å². The summed E-state index contributed by atoms with van der Waals surface area (Å²) in [7, 11) is 0. The Morgan fingerprint density at radius 2 is 1.61 bits per heavy atom. The molecule has 2 bridgehead atoms. The third kappa shape index (κ3) is 3.38. The predicted molar refractivity (Wildman–Crippen MR) is 102 cm³/mol. The Morgan fingerprint density at radius 3 is 2.21 bits per heavy atom. The zero-order chi connectivity index (χ0) is 19.8. The molecule has 148 valence electrons. The zero-order valence-corrected chi connectivity index (χ0v) is 16.2. The molecule has 0 N–H and O–H groups in total. The Labute approximate surface area is 165 Å². The molecule has 2 fully saturated rings. The van der Waals surface area contributed by atoms with Crippen LogP contribution in [0.2, 0.25) is 0 Å². The maximum absolute atomic E-state index is 12.9. The summed E-state index contributed by atoms with van der Waals surface area (Å²) in [6, 6.07) is 8.76. The van der Waals surface area contributed by atoms with Crippen molar-refractivity contribution in [3.63, 3.8) is 0 Å². The molecule has 5 rings (SSSR count). The average molecular weight is 382 g/mol. The minimum Gasteiger partial charge on any atom is -0.462 e. The van der Waals surface area contributed by atoms with Crippen molar-refractivity contribution in [1.29, 1.82) is 0 Å². The molecule has 4 aliphatic rings. The molecule has 7 atom stereocenters.